The zero-order chi connectivity index (χ0) is 23.9. The smallest absolute Gasteiger partial charge is 0.0972 e. The average molecular weight is 447 g/mol. The summed E-state index contributed by atoms with van der Waals surface area (Å²) in [7, 11) is 8.18. The highest BCUT2D eigenvalue weighted by Crippen LogP contribution is 2.23. The van der Waals surface area contributed by atoms with Crippen molar-refractivity contribution in [2.75, 3.05) is 38.0 Å². The first kappa shape index (κ1) is 23.0. The molecule has 170 valence electrons. The number of para-hydroxylation sites is 2. The zero-order valence-corrected chi connectivity index (χ0v) is 20.2. The minimum Gasteiger partial charge on any atom is -0.378 e. The van der Waals surface area contributed by atoms with E-state index < -0.39 is 0 Å². The molecule has 4 rings (SSSR count). The average Bonchev–Trinajstić information content (AvgIpc) is 2.87. The molecule has 0 aliphatic heterocycles. The molecule has 0 aliphatic carbocycles. The van der Waals surface area contributed by atoms with Gasteiger partial charge in [-0.1, -0.05) is 60.7 Å². The summed E-state index contributed by atoms with van der Waals surface area (Å²) in [4.78, 5) is 14.4. The van der Waals surface area contributed by atoms with Crippen LogP contribution in [0, 0.1) is 0 Å². The van der Waals surface area contributed by atoms with Crippen LogP contribution < -0.4 is 9.80 Å². The van der Waals surface area contributed by atoms with Crippen LogP contribution in [0.2, 0.25) is 0 Å². The van der Waals surface area contributed by atoms with Crippen molar-refractivity contribution < 1.29 is 0 Å². The fourth-order valence-corrected chi connectivity index (χ4v) is 3.61. The fraction of sp³-hybridized carbons (Fsp3) is 0.133. The molecule has 4 nitrogen and oxygen atoms in total. The van der Waals surface area contributed by atoms with Gasteiger partial charge in [0, 0.05) is 50.7 Å². The molecule has 0 unspecified atom stereocenters. The Balaban J connectivity index is 1.92. The predicted octanol–water partition coefficient (Wildman–Crippen LogP) is 6.76. The third kappa shape index (κ3) is 5.59. The minimum atomic E-state index is 0.831. The first-order valence-corrected chi connectivity index (χ1v) is 11.3. The number of benzene rings is 4. The maximum absolute atomic E-state index is 5.10. The normalized spacial score (nSPS) is 11.9. The molecule has 0 aliphatic rings. The summed E-state index contributed by atoms with van der Waals surface area (Å²) in [6.45, 7) is 0. The summed E-state index contributed by atoms with van der Waals surface area (Å²) < 4.78 is 0. The van der Waals surface area contributed by atoms with Crippen molar-refractivity contribution in [3.05, 3.63) is 120 Å². The number of nitrogens with zero attached hydrogens (tertiary/aromatic N) is 4. The van der Waals surface area contributed by atoms with E-state index >= 15 is 0 Å². The van der Waals surface area contributed by atoms with E-state index in [9.17, 15) is 0 Å². The summed E-state index contributed by atoms with van der Waals surface area (Å²) in [5.41, 5.74) is 7.75. The Morgan fingerprint density at radius 2 is 0.765 bits per heavy atom. The van der Waals surface area contributed by atoms with Crippen molar-refractivity contribution in [1.82, 2.24) is 0 Å². The van der Waals surface area contributed by atoms with Gasteiger partial charge >= 0.3 is 0 Å². The molecule has 0 radical (unpaired) electrons. The van der Waals surface area contributed by atoms with Crippen molar-refractivity contribution in [2.24, 2.45) is 9.98 Å². The van der Waals surface area contributed by atoms with Gasteiger partial charge in [-0.15, -0.1) is 0 Å². The Kier molecular flexibility index (Phi) is 7.19. The second kappa shape index (κ2) is 10.6. The van der Waals surface area contributed by atoms with Gasteiger partial charge in [0.25, 0.3) is 0 Å². The summed E-state index contributed by atoms with van der Waals surface area (Å²) in [6, 6.07) is 37.0. The topological polar surface area (TPSA) is 31.2 Å². The molecule has 0 amide bonds. The van der Waals surface area contributed by atoms with E-state index in [0.717, 1.165) is 45.3 Å². The first-order chi connectivity index (χ1) is 16.5. The Bertz CT molecular complexity index is 1150. The summed E-state index contributed by atoms with van der Waals surface area (Å²) in [6.07, 6.45) is 0. The molecule has 0 saturated carbocycles. The van der Waals surface area contributed by atoms with Crippen LogP contribution in [0.15, 0.2) is 119 Å². The summed E-state index contributed by atoms with van der Waals surface area (Å²) >= 11 is 0. The van der Waals surface area contributed by atoms with Crippen LogP contribution in [0.5, 0.6) is 0 Å². The number of hydrogen-bond donors (Lipinski definition) is 0. The Labute approximate surface area is 202 Å². The molecule has 0 heterocycles. The van der Waals surface area contributed by atoms with Gasteiger partial charge in [0.2, 0.25) is 0 Å². The van der Waals surface area contributed by atoms with Crippen molar-refractivity contribution in [3.8, 4) is 0 Å². The van der Waals surface area contributed by atoms with E-state index in [1.54, 1.807) is 0 Å². The number of anilines is 2. The highest BCUT2D eigenvalue weighted by atomic mass is 15.1. The van der Waals surface area contributed by atoms with Gasteiger partial charge in [-0.05, 0) is 48.5 Å². The molecule has 4 heteroatoms. The van der Waals surface area contributed by atoms with Crippen molar-refractivity contribution in [3.63, 3.8) is 0 Å². The van der Waals surface area contributed by atoms with E-state index in [-0.39, 0.29) is 0 Å². The van der Waals surface area contributed by atoms with Crippen LogP contribution in [-0.2, 0) is 0 Å². The lowest BCUT2D eigenvalue weighted by Gasteiger charge is -2.16. The van der Waals surface area contributed by atoms with E-state index in [4.69, 9.17) is 9.98 Å². The van der Waals surface area contributed by atoms with Crippen LogP contribution >= 0.6 is 0 Å². The molecule has 0 N–H and O–H groups in total. The minimum absolute atomic E-state index is 0.831. The predicted molar refractivity (Wildman–Crippen MR) is 147 cm³/mol. The Morgan fingerprint density at radius 3 is 1.06 bits per heavy atom. The standard InChI is InChI=1S/C30H30N4/c1-33(2)27-19-15-23(16-20-27)29(31-25-11-7-5-8-12-25)30(32-26-13-9-6-10-14-26)24-17-21-28(22-18-24)34(3)4/h5-22H,1-4H3. The fourth-order valence-electron chi connectivity index (χ4n) is 3.61. The van der Waals surface area contributed by atoms with Gasteiger partial charge in [0.05, 0.1) is 22.8 Å². The van der Waals surface area contributed by atoms with Gasteiger partial charge in [0.1, 0.15) is 0 Å². The second-order valence-corrected chi connectivity index (χ2v) is 8.47. The summed E-state index contributed by atoms with van der Waals surface area (Å²) in [5, 5.41) is 0. The lowest BCUT2D eigenvalue weighted by molar-refractivity contribution is 1.13. The van der Waals surface area contributed by atoms with Crippen LogP contribution in [0.4, 0.5) is 22.7 Å². The van der Waals surface area contributed by atoms with E-state index in [1.165, 1.54) is 0 Å². The zero-order valence-electron chi connectivity index (χ0n) is 20.2. The van der Waals surface area contributed by atoms with E-state index in [0.29, 0.717) is 0 Å². The van der Waals surface area contributed by atoms with Gasteiger partial charge in [0.15, 0.2) is 0 Å². The molecule has 4 aromatic rings. The van der Waals surface area contributed by atoms with E-state index in [1.807, 2.05) is 88.9 Å². The largest absolute Gasteiger partial charge is 0.378 e. The molecule has 0 atom stereocenters. The van der Waals surface area contributed by atoms with Crippen molar-refractivity contribution in [2.45, 2.75) is 0 Å². The highest BCUT2D eigenvalue weighted by Gasteiger charge is 2.16. The van der Waals surface area contributed by atoms with Crippen molar-refractivity contribution in [1.29, 1.82) is 0 Å². The van der Waals surface area contributed by atoms with Gasteiger partial charge in [-0.25, -0.2) is 9.98 Å². The lowest BCUT2D eigenvalue weighted by atomic mass is 9.98. The van der Waals surface area contributed by atoms with Gasteiger partial charge < -0.3 is 9.80 Å². The second-order valence-electron chi connectivity index (χ2n) is 8.47. The number of hydrogen-bond acceptors (Lipinski definition) is 4. The summed E-state index contributed by atoms with van der Waals surface area (Å²) in [5.74, 6) is 0. The highest BCUT2D eigenvalue weighted by molar-refractivity contribution is 6.54. The molecule has 0 aromatic heterocycles. The molecule has 0 saturated heterocycles. The molecular formula is C30H30N4. The van der Waals surface area contributed by atoms with Gasteiger partial charge in [-0.2, -0.15) is 0 Å². The third-order valence-corrected chi connectivity index (χ3v) is 5.53. The van der Waals surface area contributed by atoms with Crippen LogP contribution in [-0.4, -0.2) is 39.6 Å². The monoisotopic (exact) mass is 446 g/mol. The maximum Gasteiger partial charge on any atom is 0.0972 e. The maximum atomic E-state index is 5.10. The molecular weight excluding hydrogens is 416 g/mol. The molecule has 34 heavy (non-hydrogen) atoms. The molecule has 0 bridgehead atoms. The Morgan fingerprint density at radius 1 is 0.441 bits per heavy atom. The first-order valence-electron chi connectivity index (χ1n) is 11.3. The van der Waals surface area contributed by atoms with Crippen LogP contribution in [0.1, 0.15) is 11.1 Å². The number of rotatable bonds is 7. The Hall–Kier alpha value is -4.18. The number of aliphatic imine (C=N–C) groups is 2. The molecule has 4 aromatic carbocycles. The van der Waals surface area contributed by atoms with E-state index in [2.05, 4.69) is 58.3 Å². The molecule has 0 fully saturated rings. The SMILES string of the molecule is CN(C)c1ccc(C(=Nc2ccccc2)C(=Nc2ccccc2)c2ccc(N(C)C)cc2)cc1. The lowest BCUT2D eigenvalue weighted by Crippen LogP contribution is -2.18. The van der Waals surface area contributed by atoms with Crippen LogP contribution in [0.25, 0.3) is 0 Å². The van der Waals surface area contributed by atoms with Crippen molar-refractivity contribution >= 4 is 34.2 Å². The third-order valence-electron chi connectivity index (χ3n) is 5.53. The van der Waals surface area contributed by atoms with Crippen LogP contribution in [0.3, 0.4) is 0 Å². The quantitative estimate of drug-likeness (QED) is 0.294. The molecule has 0 spiro atoms. The van der Waals surface area contributed by atoms with Gasteiger partial charge in [-0.3, -0.25) is 0 Å².